The number of carbonyl (C=O) groups is 1. The molecule has 0 saturated carbocycles. The molecule has 0 atom stereocenters. The van der Waals surface area contributed by atoms with Gasteiger partial charge in [0.25, 0.3) is 5.91 Å². The molecule has 0 unspecified atom stereocenters. The second-order valence-electron chi connectivity index (χ2n) is 5.73. The number of halogens is 1. The molecule has 0 radical (unpaired) electrons. The summed E-state index contributed by atoms with van der Waals surface area (Å²) in [7, 11) is 0. The van der Waals surface area contributed by atoms with Gasteiger partial charge in [-0.05, 0) is 50.0 Å². The lowest BCUT2D eigenvalue weighted by Crippen LogP contribution is -2.27. The molecule has 1 aliphatic rings. The van der Waals surface area contributed by atoms with E-state index in [1.807, 2.05) is 0 Å². The van der Waals surface area contributed by atoms with Crippen LogP contribution < -0.4 is 10.6 Å². The zero-order valence-electron chi connectivity index (χ0n) is 12.8. The van der Waals surface area contributed by atoms with Crippen LogP contribution in [0.25, 0.3) is 0 Å². The number of amides is 1. The normalized spacial score (nSPS) is 15.5. The molecule has 3 rings (SSSR count). The summed E-state index contributed by atoms with van der Waals surface area (Å²) in [4.78, 5) is 16.4. The molecule has 0 aliphatic carbocycles. The van der Waals surface area contributed by atoms with Gasteiger partial charge in [0.2, 0.25) is 0 Å². The van der Waals surface area contributed by atoms with E-state index >= 15 is 0 Å². The zero-order chi connectivity index (χ0) is 16.1. The van der Waals surface area contributed by atoms with Crippen LogP contribution in [0.4, 0.5) is 4.39 Å². The average Bonchev–Trinajstić information content (AvgIpc) is 3.07. The minimum Gasteiger partial charge on any atom is -0.448 e. The highest BCUT2D eigenvalue weighted by Gasteiger charge is 2.21. The second-order valence-corrected chi connectivity index (χ2v) is 5.73. The Labute approximate surface area is 134 Å². The summed E-state index contributed by atoms with van der Waals surface area (Å²) in [6.45, 7) is 2.37. The number of nitrogens with one attached hydrogen (secondary N) is 2. The van der Waals surface area contributed by atoms with Gasteiger partial charge in [0.1, 0.15) is 12.1 Å². The maximum Gasteiger partial charge on any atom is 0.273 e. The number of carbonyl (C=O) groups excluding carboxylic acids is 1. The van der Waals surface area contributed by atoms with Crippen molar-refractivity contribution in [1.29, 1.82) is 0 Å². The molecule has 1 saturated heterocycles. The molecule has 122 valence electrons. The van der Waals surface area contributed by atoms with Crippen LogP contribution >= 0.6 is 0 Å². The van der Waals surface area contributed by atoms with Crippen LogP contribution in [-0.2, 0) is 6.42 Å². The third kappa shape index (κ3) is 4.16. The van der Waals surface area contributed by atoms with Crippen LogP contribution in [0.5, 0.6) is 0 Å². The zero-order valence-corrected chi connectivity index (χ0v) is 12.8. The van der Waals surface area contributed by atoms with Gasteiger partial charge in [-0.1, -0.05) is 12.1 Å². The van der Waals surface area contributed by atoms with Crippen molar-refractivity contribution in [2.45, 2.75) is 25.2 Å². The molecule has 1 aliphatic heterocycles. The molecule has 1 aromatic carbocycles. The topological polar surface area (TPSA) is 67.2 Å². The third-order valence-corrected chi connectivity index (χ3v) is 4.06. The number of nitrogens with zero attached hydrogens (tertiary/aromatic N) is 1. The van der Waals surface area contributed by atoms with Crippen LogP contribution in [0, 0.1) is 5.82 Å². The quantitative estimate of drug-likeness (QED) is 0.887. The van der Waals surface area contributed by atoms with Crippen molar-refractivity contribution in [3.63, 3.8) is 0 Å². The van der Waals surface area contributed by atoms with Crippen molar-refractivity contribution in [2.75, 3.05) is 19.6 Å². The predicted molar refractivity (Wildman–Crippen MR) is 83.8 cm³/mol. The number of hydrogen-bond donors (Lipinski definition) is 2. The first-order valence-corrected chi connectivity index (χ1v) is 7.91. The van der Waals surface area contributed by atoms with Gasteiger partial charge in [-0.25, -0.2) is 9.37 Å². The Bertz CT molecular complexity index is 648. The van der Waals surface area contributed by atoms with Crippen molar-refractivity contribution < 1.29 is 13.6 Å². The monoisotopic (exact) mass is 317 g/mol. The van der Waals surface area contributed by atoms with Crippen molar-refractivity contribution in [1.82, 2.24) is 15.6 Å². The molecule has 6 heteroatoms. The molecule has 0 bridgehead atoms. The Morgan fingerprint density at radius 3 is 2.78 bits per heavy atom. The van der Waals surface area contributed by atoms with Gasteiger partial charge in [-0.3, -0.25) is 4.79 Å². The molecule has 23 heavy (non-hydrogen) atoms. The summed E-state index contributed by atoms with van der Waals surface area (Å²) in [5.74, 6) is 0.439. The van der Waals surface area contributed by atoms with Crippen LogP contribution in [0.15, 0.2) is 34.9 Å². The molecule has 0 spiro atoms. The van der Waals surface area contributed by atoms with E-state index in [1.165, 1.54) is 18.4 Å². The molecule has 1 amide bonds. The fraction of sp³-hybridized carbons (Fsp3) is 0.412. The van der Waals surface area contributed by atoms with Gasteiger partial charge >= 0.3 is 0 Å². The Morgan fingerprint density at radius 1 is 1.30 bits per heavy atom. The summed E-state index contributed by atoms with van der Waals surface area (Å²) >= 11 is 0. The van der Waals surface area contributed by atoms with Crippen molar-refractivity contribution in [3.8, 4) is 0 Å². The predicted octanol–water partition coefficient (Wildman–Crippen LogP) is 2.25. The van der Waals surface area contributed by atoms with Gasteiger partial charge in [0, 0.05) is 12.5 Å². The number of aromatic nitrogens is 1. The Morgan fingerprint density at radius 2 is 2.04 bits per heavy atom. The summed E-state index contributed by atoms with van der Waals surface area (Å²) in [6, 6.07) is 6.26. The van der Waals surface area contributed by atoms with Gasteiger partial charge in [-0.2, -0.15) is 0 Å². The van der Waals surface area contributed by atoms with Crippen LogP contribution in [-0.4, -0.2) is 30.5 Å². The summed E-state index contributed by atoms with van der Waals surface area (Å²) in [5, 5.41) is 6.10. The van der Waals surface area contributed by atoms with E-state index in [0.29, 0.717) is 24.6 Å². The largest absolute Gasteiger partial charge is 0.448 e. The highest BCUT2D eigenvalue weighted by molar-refractivity contribution is 5.91. The van der Waals surface area contributed by atoms with E-state index < -0.39 is 0 Å². The minimum absolute atomic E-state index is 0.240. The minimum atomic E-state index is -0.258. The van der Waals surface area contributed by atoms with Crippen LogP contribution in [0.3, 0.4) is 0 Å². The number of piperidine rings is 1. The van der Waals surface area contributed by atoms with Gasteiger partial charge in [0.15, 0.2) is 11.6 Å². The number of oxazole rings is 1. The van der Waals surface area contributed by atoms with Crippen molar-refractivity contribution in [3.05, 3.63) is 53.5 Å². The average molecular weight is 317 g/mol. The third-order valence-electron chi connectivity index (χ3n) is 4.06. The van der Waals surface area contributed by atoms with E-state index in [9.17, 15) is 9.18 Å². The lowest BCUT2D eigenvalue weighted by atomic mass is 9.98. The Hall–Kier alpha value is -2.21. The first kappa shape index (κ1) is 15.7. The van der Waals surface area contributed by atoms with E-state index in [2.05, 4.69) is 15.6 Å². The number of benzene rings is 1. The molecule has 5 nitrogen and oxygen atoms in total. The maximum atomic E-state index is 12.8. The van der Waals surface area contributed by atoms with E-state index in [0.717, 1.165) is 31.5 Å². The van der Waals surface area contributed by atoms with Crippen LogP contribution in [0.2, 0.25) is 0 Å². The smallest absolute Gasteiger partial charge is 0.273 e. The highest BCUT2D eigenvalue weighted by Crippen LogP contribution is 2.24. The summed E-state index contributed by atoms with van der Waals surface area (Å²) in [6.07, 6.45) is 4.02. The standard InChI is InChI=1S/C17H20FN3O2/c18-14-3-1-12(2-4-14)5-10-20-16(22)15-11-23-17(21-15)13-6-8-19-9-7-13/h1-4,11,13,19H,5-10H2,(H,20,22). The lowest BCUT2D eigenvalue weighted by Gasteiger charge is -2.19. The lowest BCUT2D eigenvalue weighted by molar-refractivity contribution is 0.0949. The first-order valence-electron chi connectivity index (χ1n) is 7.91. The van der Waals surface area contributed by atoms with Crippen molar-refractivity contribution >= 4 is 5.91 Å². The van der Waals surface area contributed by atoms with Gasteiger partial charge < -0.3 is 15.1 Å². The van der Waals surface area contributed by atoms with Crippen LogP contribution in [0.1, 0.15) is 40.7 Å². The second kappa shape index (κ2) is 7.37. The summed E-state index contributed by atoms with van der Waals surface area (Å²) in [5.41, 5.74) is 1.29. The SMILES string of the molecule is O=C(NCCc1ccc(F)cc1)c1coc(C2CCNCC2)n1. The van der Waals surface area contributed by atoms with Gasteiger partial charge in [-0.15, -0.1) is 0 Å². The Balaban J connectivity index is 1.50. The highest BCUT2D eigenvalue weighted by atomic mass is 19.1. The molecule has 1 aromatic heterocycles. The molecule has 1 fully saturated rings. The maximum absolute atomic E-state index is 12.8. The Kier molecular flexibility index (Phi) is 5.02. The van der Waals surface area contributed by atoms with Crippen molar-refractivity contribution in [2.24, 2.45) is 0 Å². The number of hydrogen-bond acceptors (Lipinski definition) is 4. The fourth-order valence-electron chi connectivity index (χ4n) is 2.71. The fourth-order valence-corrected chi connectivity index (χ4v) is 2.71. The van der Waals surface area contributed by atoms with E-state index in [4.69, 9.17) is 4.42 Å². The molecule has 2 heterocycles. The molecule has 2 N–H and O–H groups in total. The number of rotatable bonds is 5. The van der Waals surface area contributed by atoms with Gasteiger partial charge in [0.05, 0.1) is 0 Å². The van der Waals surface area contributed by atoms with E-state index in [-0.39, 0.29) is 17.6 Å². The molecule has 2 aromatic rings. The molecular formula is C17H20FN3O2. The van der Waals surface area contributed by atoms with E-state index in [1.54, 1.807) is 12.1 Å². The molecular weight excluding hydrogens is 297 g/mol. The summed E-state index contributed by atoms with van der Waals surface area (Å²) < 4.78 is 18.3. The first-order chi connectivity index (χ1) is 11.2.